The highest BCUT2D eigenvalue weighted by molar-refractivity contribution is 5.95. The second-order valence-corrected chi connectivity index (χ2v) is 7.17. The summed E-state index contributed by atoms with van der Waals surface area (Å²) < 4.78 is 0. The van der Waals surface area contributed by atoms with Crippen molar-refractivity contribution in [1.29, 1.82) is 0 Å². The van der Waals surface area contributed by atoms with Gasteiger partial charge in [0.05, 0.1) is 5.69 Å². The Bertz CT molecular complexity index is 745. The molecular weight excluding hydrogens is 348 g/mol. The molecular formula is C23H34N4O. The van der Waals surface area contributed by atoms with Crippen molar-refractivity contribution >= 4 is 11.7 Å². The van der Waals surface area contributed by atoms with Crippen molar-refractivity contribution in [1.82, 2.24) is 15.6 Å². The average Bonchev–Trinajstić information content (AvgIpc) is 2.73. The molecule has 0 fully saturated rings. The van der Waals surface area contributed by atoms with Crippen LogP contribution in [0.2, 0.25) is 0 Å². The van der Waals surface area contributed by atoms with E-state index >= 15 is 0 Å². The lowest BCUT2D eigenvalue weighted by Crippen LogP contribution is -2.24. The summed E-state index contributed by atoms with van der Waals surface area (Å²) in [6.45, 7) is 3.86. The number of benzene rings is 1. The number of pyridine rings is 1. The normalized spacial score (nSPS) is 10.7. The molecule has 0 atom stereocenters. The molecule has 0 aliphatic rings. The van der Waals surface area contributed by atoms with Crippen molar-refractivity contribution in [3.8, 4) is 11.3 Å². The van der Waals surface area contributed by atoms with Crippen LogP contribution < -0.4 is 16.0 Å². The molecule has 5 heteroatoms. The van der Waals surface area contributed by atoms with Gasteiger partial charge in [-0.15, -0.1) is 0 Å². The smallest absolute Gasteiger partial charge is 0.251 e. The highest BCUT2D eigenvalue weighted by Gasteiger charge is 2.09. The molecule has 3 N–H and O–H groups in total. The van der Waals surface area contributed by atoms with E-state index in [0.717, 1.165) is 42.1 Å². The highest BCUT2D eigenvalue weighted by Crippen LogP contribution is 2.24. The molecule has 152 valence electrons. The fraction of sp³-hybridized carbons (Fsp3) is 0.478. The van der Waals surface area contributed by atoms with E-state index in [9.17, 15) is 4.79 Å². The zero-order chi connectivity index (χ0) is 20.2. The Morgan fingerprint density at radius 1 is 0.929 bits per heavy atom. The van der Waals surface area contributed by atoms with Crippen LogP contribution in [0, 0.1) is 6.92 Å². The van der Waals surface area contributed by atoms with Gasteiger partial charge in [-0.25, -0.2) is 4.98 Å². The number of amides is 1. The molecule has 0 unspecified atom stereocenters. The summed E-state index contributed by atoms with van der Waals surface area (Å²) in [6, 6.07) is 11.7. The molecule has 0 spiro atoms. The highest BCUT2D eigenvalue weighted by atomic mass is 16.1. The quantitative estimate of drug-likeness (QED) is 0.476. The molecule has 0 aliphatic heterocycles. The zero-order valence-corrected chi connectivity index (χ0v) is 17.5. The van der Waals surface area contributed by atoms with Gasteiger partial charge in [-0.2, -0.15) is 0 Å². The summed E-state index contributed by atoms with van der Waals surface area (Å²) in [4.78, 5) is 17.1. The van der Waals surface area contributed by atoms with Crippen molar-refractivity contribution in [2.24, 2.45) is 0 Å². The van der Waals surface area contributed by atoms with Gasteiger partial charge in [-0.1, -0.05) is 43.9 Å². The van der Waals surface area contributed by atoms with Gasteiger partial charge < -0.3 is 16.0 Å². The lowest BCUT2D eigenvalue weighted by molar-refractivity contribution is 0.0953. The third-order valence-electron chi connectivity index (χ3n) is 4.89. The van der Waals surface area contributed by atoms with Crippen molar-refractivity contribution in [3.63, 3.8) is 0 Å². The maximum absolute atomic E-state index is 12.5. The van der Waals surface area contributed by atoms with Gasteiger partial charge in [0, 0.05) is 24.7 Å². The van der Waals surface area contributed by atoms with Gasteiger partial charge in [-0.3, -0.25) is 4.79 Å². The molecule has 1 aromatic carbocycles. The van der Waals surface area contributed by atoms with Crippen molar-refractivity contribution in [2.75, 3.05) is 32.5 Å². The standard InChI is InChI=1S/C23H34N4O/c1-18-13-14-21(25-3)27-22(18)19-11-10-12-20(17-19)23(28)26-16-9-7-5-4-6-8-15-24-2/h10-14,17,24H,4-9,15-16H2,1-3H3,(H,25,27)(H,26,28). The maximum Gasteiger partial charge on any atom is 0.251 e. The van der Waals surface area contributed by atoms with Crippen LogP contribution in [0.3, 0.4) is 0 Å². The minimum absolute atomic E-state index is 0.0155. The van der Waals surface area contributed by atoms with Gasteiger partial charge in [-0.05, 0) is 57.1 Å². The topological polar surface area (TPSA) is 66.0 Å². The zero-order valence-electron chi connectivity index (χ0n) is 17.5. The summed E-state index contributed by atoms with van der Waals surface area (Å²) in [6.07, 6.45) is 7.23. The van der Waals surface area contributed by atoms with Crippen LogP contribution in [0.25, 0.3) is 11.3 Å². The van der Waals surface area contributed by atoms with Crippen LogP contribution >= 0.6 is 0 Å². The molecule has 0 saturated carbocycles. The molecule has 5 nitrogen and oxygen atoms in total. The van der Waals surface area contributed by atoms with E-state index in [0.29, 0.717) is 5.56 Å². The fourth-order valence-electron chi connectivity index (χ4n) is 3.21. The summed E-state index contributed by atoms with van der Waals surface area (Å²) in [5.41, 5.74) is 3.63. The van der Waals surface area contributed by atoms with E-state index in [4.69, 9.17) is 0 Å². The second kappa shape index (κ2) is 12.1. The molecule has 1 heterocycles. The first kappa shape index (κ1) is 21.9. The predicted molar refractivity (Wildman–Crippen MR) is 118 cm³/mol. The van der Waals surface area contributed by atoms with Crippen molar-refractivity contribution in [2.45, 2.75) is 45.4 Å². The Morgan fingerprint density at radius 2 is 1.64 bits per heavy atom. The molecule has 0 bridgehead atoms. The predicted octanol–water partition coefficient (Wildman–Crippen LogP) is 4.39. The van der Waals surface area contributed by atoms with Gasteiger partial charge in [0.25, 0.3) is 5.91 Å². The van der Waals surface area contributed by atoms with Crippen LogP contribution in [-0.2, 0) is 0 Å². The third kappa shape index (κ3) is 6.97. The summed E-state index contributed by atoms with van der Waals surface area (Å²) in [5.74, 6) is 0.805. The first-order chi connectivity index (χ1) is 13.7. The Hall–Kier alpha value is -2.40. The summed E-state index contributed by atoms with van der Waals surface area (Å²) in [7, 11) is 3.85. The first-order valence-electron chi connectivity index (χ1n) is 10.3. The number of rotatable bonds is 12. The third-order valence-corrected chi connectivity index (χ3v) is 4.89. The molecule has 28 heavy (non-hydrogen) atoms. The minimum atomic E-state index is -0.0155. The largest absolute Gasteiger partial charge is 0.373 e. The number of nitrogens with zero attached hydrogens (tertiary/aromatic N) is 1. The molecule has 0 saturated heterocycles. The van der Waals surface area contributed by atoms with E-state index in [2.05, 4.69) is 20.9 Å². The Kier molecular flexibility index (Phi) is 9.49. The molecule has 2 rings (SSSR count). The van der Waals surface area contributed by atoms with E-state index in [1.54, 1.807) is 0 Å². The van der Waals surface area contributed by atoms with E-state index in [-0.39, 0.29) is 5.91 Å². The molecule has 1 amide bonds. The number of hydrogen-bond acceptors (Lipinski definition) is 4. The molecule has 2 aromatic rings. The lowest BCUT2D eigenvalue weighted by atomic mass is 10.0. The van der Waals surface area contributed by atoms with Crippen molar-refractivity contribution < 1.29 is 4.79 Å². The lowest BCUT2D eigenvalue weighted by Gasteiger charge is -2.10. The Labute approximate surface area is 169 Å². The fourth-order valence-corrected chi connectivity index (χ4v) is 3.21. The number of carbonyl (C=O) groups excluding carboxylic acids is 1. The van der Waals surface area contributed by atoms with Crippen LogP contribution in [0.4, 0.5) is 5.82 Å². The number of nitrogens with one attached hydrogen (secondary N) is 3. The van der Waals surface area contributed by atoms with Crippen LogP contribution in [0.5, 0.6) is 0 Å². The maximum atomic E-state index is 12.5. The van der Waals surface area contributed by atoms with Gasteiger partial charge >= 0.3 is 0 Å². The second-order valence-electron chi connectivity index (χ2n) is 7.17. The number of hydrogen-bond donors (Lipinski definition) is 3. The van der Waals surface area contributed by atoms with Crippen LogP contribution in [-0.4, -0.2) is 38.1 Å². The molecule has 0 aliphatic carbocycles. The van der Waals surface area contributed by atoms with E-state index in [1.807, 2.05) is 57.4 Å². The van der Waals surface area contributed by atoms with Gasteiger partial charge in [0.15, 0.2) is 0 Å². The van der Waals surface area contributed by atoms with Crippen LogP contribution in [0.15, 0.2) is 36.4 Å². The summed E-state index contributed by atoms with van der Waals surface area (Å²) in [5, 5.41) is 9.29. The van der Waals surface area contributed by atoms with E-state index < -0.39 is 0 Å². The van der Waals surface area contributed by atoms with Gasteiger partial charge in [0.1, 0.15) is 5.82 Å². The first-order valence-corrected chi connectivity index (χ1v) is 10.3. The van der Waals surface area contributed by atoms with Crippen LogP contribution in [0.1, 0.15) is 54.4 Å². The Morgan fingerprint density at radius 3 is 2.36 bits per heavy atom. The minimum Gasteiger partial charge on any atom is -0.373 e. The van der Waals surface area contributed by atoms with Crippen molar-refractivity contribution in [3.05, 3.63) is 47.5 Å². The van der Waals surface area contributed by atoms with E-state index in [1.165, 1.54) is 32.1 Å². The SMILES string of the molecule is CNCCCCCCCCNC(=O)c1cccc(-c2nc(NC)ccc2C)c1. The number of aryl methyl sites for hydroxylation is 1. The number of aromatic nitrogens is 1. The molecule has 0 radical (unpaired) electrons. The molecule has 1 aromatic heterocycles. The number of anilines is 1. The summed E-state index contributed by atoms with van der Waals surface area (Å²) >= 11 is 0. The Balaban J connectivity index is 1.82. The number of unbranched alkanes of at least 4 members (excludes halogenated alkanes) is 5. The van der Waals surface area contributed by atoms with Gasteiger partial charge in [0.2, 0.25) is 0 Å². The monoisotopic (exact) mass is 382 g/mol. The average molecular weight is 383 g/mol. The number of carbonyl (C=O) groups is 1.